The first kappa shape index (κ1) is 20.5. The van der Waals surface area contributed by atoms with Gasteiger partial charge in [0.2, 0.25) is 11.8 Å². The first-order chi connectivity index (χ1) is 13.8. The molecule has 0 aromatic heterocycles. The van der Waals surface area contributed by atoms with E-state index in [2.05, 4.69) is 10.6 Å². The van der Waals surface area contributed by atoms with Crippen molar-refractivity contribution in [1.82, 2.24) is 5.32 Å². The summed E-state index contributed by atoms with van der Waals surface area (Å²) >= 11 is 5.87. The highest BCUT2D eigenvalue weighted by Gasteiger charge is 2.42. The number of rotatable bonds is 5. The third-order valence-electron chi connectivity index (χ3n) is 5.17. The lowest BCUT2D eigenvalue weighted by atomic mass is 9.72. The molecule has 1 aliphatic rings. The van der Waals surface area contributed by atoms with Crippen LogP contribution in [0.25, 0.3) is 0 Å². The molecule has 1 unspecified atom stereocenters. The first-order valence-corrected chi connectivity index (χ1v) is 9.35. The Hall–Kier alpha value is -3.26. The van der Waals surface area contributed by atoms with Gasteiger partial charge in [-0.25, -0.2) is 0 Å². The molecule has 8 nitrogen and oxygen atoms in total. The molecule has 2 aromatic rings. The fraction of sp³-hybridized carbons (Fsp3) is 0.250. The van der Waals surface area contributed by atoms with Crippen LogP contribution in [-0.4, -0.2) is 22.6 Å². The molecule has 9 heteroatoms. The highest BCUT2D eigenvalue weighted by Crippen LogP contribution is 2.36. The minimum absolute atomic E-state index is 0.151. The van der Waals surface area contributed by atoms with E-state index in [9.17, 15) is 24.5 Å². The van der Waals surface area contributed by atoms with Crippen LogP contribution in [0.5, 0.6) is 0 Å². The summed E-state index contributed by atoms with van der Waals surface area (Å²) in [5, 5.41) is 16.3. The zero-order valence-electron chi connectivity index (χ0n) is 15.5. The van der Waals surface area contributed by atoms with E-state index in [1.54, 1.807) is 24.3 Å². The number of anilines is 1. The van der Waals surface area contributed by atoms with E-state index >= 15 is 0 Å². The minimum Gasteiger partial charge on any atom is -0.322 e. The van der Waals surface area contributed by atoms with Gasteiger partial charge in [-0.2, -0.15) is 0 Å². The summed E-state index contributed by atoms with van der Waals surface area (Å²) in [6.45, 7) is 1.88. The largest absolute Gasteiger partial charge is 0.322 e. The van der Waals surface area contributed by atoms with Crippen molar-refractivity contribution in [2.24, 2.45) is 0 Å². The Bertz CT molecular complexity index is 1010. The molecule has 1 atom stereocenters. The fourth-order valence-corrected chi connectivity index (χ4v) is 3.66. The van der Waals surface area contributed by atoms with Gasteiger partial charge < -0.3 is 5.32 Å². The highest BCUT2D eigenvalue weighted by molar-refractivity contribution is 6.31. The number of piperidine rings is 1. The van der Waals surface area contributed by atoms with E-state index in [0.717, 1.165) is 5.56 Å². The number of nitro benzene ring substituents is 1. The van der Waals surface area contributed by atoms with Crippen LogP contribution in [0.3, 0.4) is 0 Å². The van der Waals surface area contributed by atoms with Gasteiger partial charge in [0.05, 0.1) is 10.3 Å². The summed E-state index contributed by atoms with van der Waals surface area (Å²) in [6, 6.07) is 10.4. The molecule has 0 bridgehead atoms. The highest BCUT2D eigenvalue weighted by atomic mass is 35.5. The summed E-state index contributed by atoms with van der Waals surface area (Å²) in [6.07, 6.45) is 1.19. The number of imide groups is 1. The first-order valence-electron chi connectivity index (χ1n) is 8.97. The Morgan fingerprint density at radius 2 is 1.93 bits per heavy atom. The van der Waals surface area contributed by atoms with Crippen LogP contribution in [0.1, 0.15) is 42.1 Å². The average molecular weight is 416 g/mol. The van der Waals surface area contributed by atoms with Gasteiger partial charge in [0.15, 0.2) is 0 Å². The van der Waals surface area contributed by atoms with E-state index < -0.39 is 16.2 Å². The second-order valence-electron chi connectivity index (χ2n) is 6.76. The molecule has 1 heterocycles. The summed E-state index contributed by atoms with van der Waals surface area (Å²) in [7, 11) is 0. The van der Waals surface area contributed by atoms with Crippen LogP contribution in [0.2, 0.25) is 5.02 Å². The van der Waals surface area contributed by atoms with Gasteiger partial charge in [-0.1, -0.05) is 30.7 Å². The molecule has 2 aromatic carbocycles. The number of amides is 3. The maximum Gasteiger partial charge on any atom is 0.282 e. The number of hydrogen-bond acceptors (Lipinski definition) is 5. The average Bonchev–Trinajstić information content (AvgIpc) is 2.69. The lowest BCUT2D eigenvalue weighted by Gasteiger charge is -2.35. The minimum atomic E-state index is -0.803. The van der Waals surface area contributed by atoms with Crippen molar-refractivity contribution < 1.29 is 19.3 Å². The number of hydrogen-bond donors (Lipinski definition) is 2. The Morgan fingerprint density at radius 3 is 2.52 bits per heavy atom. The fourth-order valence-electron chi connectivity index (χ4n) is 3.49. The monoisotopic (exact) mass is 415 g/mol. The molecule has 0 aliphatic carbocycles. The standard InChI is InChI=1S/C20H18ClN3O5/c1-2-20(10-9-17(25)23-19(20)27)12-3-6-14(7-4-12)22-18(26)15-11-13(21)5-8-16(15)24(28)29/h3-8,11H,2,9-10H2,1H3,(H,22,26)(H,23,25,27). The maximum absolute atomic E-state index is 12.5. The molecule has 0 spiro atoms. The molecule has 0 radical (unpaired) electrons. The molecule has 3 rings (SSSR count). The number of carbonyl (C=O) groups is 3. The number of nitrogens with zero attached hydrogens (tertiary/aromatic N) is 1. The van der Waals surface area contributed by atoms with Crippen LogP contribution < -0.4 is 10.6 Å². The van der Waals surface area contributed by atoms with Crippen LogP contribution in [0.15, 0.2) is 42.5 Å². The van der Waals surface area contributed by atoms with E-state index in [1.165, 1.54) is 18.2 Å². The molecular weight excluding hydrogens is 398 g/mol. The van der Waals surface area contributed by atoms with Crippen molar-refractivity contribution >= 4 is 40.7 Å². The van der Waals surface area contributed by atoms with Crippen molar-refractivity contribution in [3.8, 4) is 0 Å². The summed E-state index contributed by atoms with van der Waals surface area (Å²) in [5.41, 5.74) is -0.163. The van der Waals surface area contributed by atoms with Crippen LogP contribution in [-0.2, 0) is 15.0 Å². The lowest BCUT2D eigenvalue weighted by molar-refractivity contribution is -0.385. The molecule has 0 saturated carbocycles. The number of nitro groups is 1. The Balaban J connectivity index is 1.84. The maximum atomic E-state index is 12.5. The van der Waals surface area contributed by atoms with Gasteiger partial charge >= 0.3 is 0 Å². The second-order valence-corrected chi connectivity index (χ2v) is 7.20. The molecule has 1 saturated heterocycles. The number of benzene rings is 2. The number of halogens is 1. The van der Waals surface area contributed by atoms with Gasteiger partial charge in [0.25, 0.3) is 11.6 Å². The SMILES string of the molecule is CCC1(c2ccc(NC(=O)c3cc(Cl)ccc3[N+](=O)[O-])cc2)CCC(=O)NC1=O. The molecule has 3 amide bonds. The summed E-state index contributed by atoms with van der Waals surface area (Å²) < 4.78 is 0. The van der Waals surface area contributed by atoms with Gasteiger partial charge in [0, 0.05) is 23.2 Å². The smallest absolute Gasteiger partial charge is 0.282 e. The quantitative estimate of drug-likeness (QED) is 0.439. The van der Waals surface area contributed by atoms with Crippen LogP contribution in [0.4, 0.5) is 11.4 Å². The Labute approximate surface area is 171 Å². The summed E-state index contributed by atoms with van der Waals surface area (Å²) in [5.74, 6) is -1.29. The lowest BCUT2D eigenvalue weighted by Crippen LogP contribution is -2.51. The second kappa shape index (κ2) is 8.00. The van der Waals surface area contributed by atoms with Crippen LogP contribution in [0, 0.1) is 10.1 Å². The number of carbonyl (C=O) groups excluding carboxylic acids is 3. The zero-order chi connectivity index (χ0) is 21.2. The molecule has 2 N–H and O–H groups in total. The topological polar surface area (TPSA) is 118 Å². The number of nitrogens with one attached hydrogen (secondary N) is 2. The Kier molecular flexibility index (Phi) is 5.65. The van der Waals surface area contributed by atoms with Crippen molar-refractivity contribution in [3.63, 3.8) is 0 Å². The third kappa shape index (κ3) is 3.97. The van der Waals surface area contributed by atoms with Crippen molar-refractivity contribution in [1.29, 1.82) is 0 Å². The Morgan fingerprint density at radius 1 is 1.24 bits per heavy atom. The van der Waals surface area contributed by atoms with E-state index in [-0.39, 0.29) is 34.5 Å². The molecule has 29 heavy (non-hydrogen) atoms. The van der Waals surface area contributed by atoms with E-state index in [4.69, 9.17) is 11.6 Å². The van der Waals surface area contributed by atoms with Gasteiger partial charge in [-0.3, -0.25) is 29.8 Å². The van der Waals surface area contributed by atoms with Crippen molar-refractivity contribution in [3.05, 3.63) is 68.7 Å². The molecule has 1 fully saturated rings. The van der Waals surface area contributed by atoms with E-state index in [0.29, 0.717) is 18.5 Å². The predicted octanol–water partition coefficient (Wildman–Crippen LogP) is 3.58. The zero-order valence-corrected chi connectivity index (χ0v) is 16.3. The molecule has 1 aliphatic heterocycles. The predicted molar refractivity (Wildman–Crippen MR) is 107 cm³/mol. The normalized spacial score (nSPS) is 18.8. The third-order valence-corrected chi connectivity index (χ3v) is 5.40. The van der Waals surface area contributed by atoms with Crippen LogP contribution >= 0.6 is 11.6 Å². The van der Waals surface area contributed by atoms with Crippen molar-refractivity contribution in [2.75, 3.05) is 5.32 Å². The van der Waals surface area contributed by atoms with Gasteiger partial charge in [-0.05, 0) is 42.7 Å². The molecule has 150 valence electrons. The van der Waals surface area contributed by atoms with Gasteiger partial charge in [-0.15, -0.1) is 0 Å². The van der Waals surface area contributed by atoms with Crippen molar-refractivity contribution in [2.45, 2.75) is 31.6 Å². The summed E-state index contributed by atoms with van der Waals surface area (Å²) in [4.78, 5) is 47.0. The molecular formula is C20H18ClN3O5. The van der Waals surface area contributed by atoms with Gasteiger partial charge in [0.1, 0.15) is 5.56 Å². The van der Waals surface area contributed by atoms with E-state index in [1.807, 2.05) is 6.92 Å².